The molecule has 2 N–H and O–H groups in total. The Morgan fingerprint density at radius 1 is 0.905 bits per heavy atom. The fourth-order valence-corrected chi connectivity index (χ4v) is 2.57. The molecule has 0 amide bonds. The van der Waals surface area contributed by atoms with Crippen LogP contribution in [0.25, 0.3) is 10.8 Å². The normalized spacial score (nSPS) is 12.3. The smallest absolute Gasteiger partial charge is 0.0781 e. The lowest BCUT2D eigenvalue weighted by Crippen LogP contribution is -2.04. The Morgan fingerprint density at radius 2 is 1.62 bits per heavy atom. The lowest BCUT2D eigenvalue weighted by Gasteiger charge is -2.14. The Labute approximate surface area is 125 Å². The average molecular weight is 277 g/mol. The first-order chi connectivity index (χ1) is 10.2. The van der Waals surface area contributed by atoms with Crippen LogP contribution in [0.2, 0.25) is 0 Å². The Kier molecular flexibility index (Phi) is 3.89. The highest BCUT2D eigenvalue weighted by Crippen LogP contribution is 2.23. The molecule has 0 bridgehead atoms. The molecule has 0 fully saturated rings. The molecular formula is C19H19NO. The van der Waals surface area contributed by atoms with Crippen molar-refractivity contribution in [1.29, 1.82) is 0 Å². The van der Waals surface area contributed by atoms with E-state index in [9.17, 15) is 5.11 Å². The highest BCUT2D eigenvalue weighted by atomic mass is 16.3. The zero-order chi connectivity index (χ0) is 14.7. The van der Waals surface area contributed by atoms with E-state index >= 15 is 0 Å². The number of aliphatic hydroxyl groups excluding tert-OH is 1. The van der Waals surface area contributed by atoms with E-state index in [1.165, 1.54) is 16.3 Å². The lowest BCUT2D eigenvalue weighted by atomic mass is 10.1. The van der Waals surface area contributed by atoms with Gasteiger partial charge in [0.05, 0.1) is 6.10 Å². The van der Waals surface area contributed by atoms with Crippen molar-refractivity contribution < 1.29 is 5.11 Å². The monoisotopic (exact) mass is 277 g/mol. The van der Waals surface area contributed by atoms with Crippen molar-refractivity contribution in [2.75, 3.05) is 5.32 Å². The van der Waals surface area contributed by atoms with Crippen LogP contribution in [-0.4, -0.2) is 5.11 Å². The molecule has 0 aliphatic carbocycles. The van der Waals surface area contributed by atoms with Gasteiger partial charge < -0.3 is 10.4 Å². The number of hydrogen-bond donors (Lipinski definition) is 2. The molecule has 2 nitrogen and oxygen atoms in total. The number of hydrogen-bond acceptors (Lipinski definition) is 2. The van der Waals surface area contributed by atoms with Gasteiger partial charge in [0.15, 0.2) is 0 Å². The second-order valence-corrected chi connectivity index (χ2v) is 5.30. The van der Waals surface area contributed by atoms with Crippen LogP contribution in [0.1, 0.15) is 24.2 Å². The van der Waals surface area contributed by atoms with Crippen molar-refractivity contribution in [3.8, 4) is 0 Å². The van der Waals surface area contributed by atoms with Crippen LogP contribution in [0.15, 0.2) is 66.7 Å². The second-order valence-electron chi connectivity index (χ2n) is 5.30. The number of nitrogens with one attached hydrogen (secondary N) is 1. The molecule has 0 aliphatic rings. The van der Waals surface area contributed by atoms with E-state index in [0.29, 0.717) is 0 Å². The summed E-state index contributed by atoms with van der Waals surface area (Å²) >= 11 is 0. The Morgan fingerprint density at radius 3 is 2.43 bits per heavy atom. The molecule has 0 aromatic heterocycles. The summed E-state index contributed by atoms with van der Waals surface area (Å²) in [5, 5.41) is 15.7. The number of para-hydroxylation sites is 1. The Balaban J connectivity index is 1.80. The summed E-state index contributed by atoms with van der Waals surface area (Å²) < 4.78 is 0. The van der Waals surface area contributed by atoms with Crippen molar-refractivity contribution in [3.05, 3.63) is 77.9 Å². The van der Waals surface area contributed by atoms with Crippen LogP contribution in [0.5, 0.6) is 0 Å². The molecule has 106 valence electrons. The van der Waals surface area contributed by atoms with Gasteiger partial charge in [-0.05, 0) is 35.4 Å². The average Bonchev–Trinajstić information content (AvgIpc) is 2.53. The first-order valence-electron chi connectivity index (χ1n) is 7.22. The molecule has 1 atom stereocenters. The largest absolute Gasteiger partial charge is 0.389 e. The molecule has 0 saturated carbocycles. The van der Waals surface area contributed by atoms with E-state index in [-0.39, 0.29) is 0 Å². The van der Waals surface area contributed by atoms with Crippen LogP contribution in [0.3, 0.4) is 0 Å². The molecule has 0 spiro atoms. The maximum absolute atomic E-state index is 9.80. The number of aliphatic hydroxyl groups is 1. The first kappa shape index (κ1) is 13.7. The van der Waals surface area contributed by atoms with Gasteiger partial charge in [0, 0.05) is 17.8 Å². The fourth-order valence-electron chi connectivity index (χ4n) is 2.57. The Hall–Kier alpha value is -2.32. The minimum Gasteiger partial charge on any atom is -0.389 e. The predicted octanol–water partition coefficient (Wildman–Crippen LogP) is 4.51. The molecule has 0 saturated heterocycles. The number of rotatable bonds is 4. The van der Waals surface area contributed by atoms with Crippen LogP contribution < -0.4 is 5.32 Å². The van der Waals surface area contributed by atoms with Crippen molar-refractivity contribution in [1.82, 2.24) is 0 Å². The first-order valence-corrected chi connectivity index (χ1v) is 7.22. The van der Waals surface area contributed by atoms with E-state index in [0.717, 1.165) is 17.8 Å². The number of anilines is 1. The van der Waals surface area contributed by atoms with Gasteiger partial charge in [-0.15, -0.1) is 0 Å². The third-order valence-electron chi connectivity index (χ3n) is 3.71. The highest BCUT2D eigenvalue weighted by molar-refractivity contribution is 5.83. The van der Waals surface area contributed by atoms with Crippen molar-refractivity contribution in [2.45, 2.75) is 19.6 Å². The van der Waals surface area contributed by atoms with Gasteiger partial charge >= 0.3 is 0 Å². The van der Waals surface area contributed by atoms with Gasteiger partial charge in [-0.2, -0.15) is 0 Å². The van der Waals surface area contributed by atoms with E-state index in [1.54, 1.807) is 6.92 Å². The van der Waals surface area contributed by atoms with Gasteiger partial charge in [0.25, 0.3) is 0 Å². The van der Waals surface area contributed by atoms with Crippen LogP contribution >= 0.6 is 0 Å². The molecule has 0 aliphatic heterocycles. The molecule has 3 rings (SSSR count). The third kappa shape index (κ3) is 3.06. The minimum absolute atomic E-state index is 0.467. The SMILES string of the molecule is CC(O)c1ccccc1NCc1ccc2ccccc2c1. The predicted molar refractivity (Wildman–Crippen MR) is 88.4 cm³/mol. The van der Waals surface area contributed by atoms with E-state index in [1.807, 2.05) is 24.3 Å². The van der Waals surface area contributed by atoms with E-state index in [2.05, 4.69) is 47.8 Å². The molecular weight excluding hydrogens is 258 g/mol. The van der Waals surface area contributed by atoms with Crippen LogP contribution in [0, 0.1) is 0 Å². The molecule has 3 aromatic carbocycles. The number of fused-ring (bicyclic) bond motifs is 1. The molecule has 2 heteroatoms. The lowest BCUT2D eigenvalue weighted by molar-refractivity contribution is 0.200. The molecule has 1 unspecified atom stereocenters. The molecule has 3 aromatic rings. The summed E-state index contributed by atoms with van der Waals surface area (Å²) in [6.07, 6.45) is -0.467. The quantitative estimate of drug-likeness (QED) is 0.735. The van der Waals surface area contributed by atoms with Gasteiger partial charge in [0.2, 0.25) is 0 Å². The van der Waals surface area contributed by atoms with Crippen LogP contribution in [-0.2, 0) is 6.54 Å². The summed E-state index contributed by atoms with van der Waals surface area (Å²) in [5.74, 6) is 0. The van der Waals surface area contributed by atoms with Crippen molar-refractivity contribution >= 4 is 16.5 Å². The number of benzene rings is 3. The Bertz CT molecular complexity index is 749. The maximum atomic E-state index is 9.80. The molecule has 0 heterocycles. The summed E-state index contributed by atoms with van der Waals surface area (Å²) in [6, 6.07) is 22.7. The maximum Gasteiger partial charge on any atom is 0.0781 e. The van der Waals surface area contributed by atoms with Gasteiger partial charge in [-0.25, -0.2) is 0 Å². The summed E-state index contributed by atoms with van der Waals surface area (Å²) in [5.41, 5.74) is 3.15. The third-order valence-corrected chi connectivity index (χ3v) is 3.71. The van der Waals surface area contributed by atoms with Gasteiger partial charge in [0.1, 0.15) is 0 Å². The fraction of sp³-hybridized carbons (Fsp3) is 0.158. The summed E-state index contributed by atoms with van der Waals surface area (Å²) in [4.78, 5) is 0. The standard InChI is InChI=1S/C19H19NO/c1-14(21)18-8-4-5-9-19(18)20-13-15-10-11-16-6-2-3-7-17(16)12-15/h2-12,14,20-21H,13H2,1H3. The second kappa shape index (κ2) is 5.98. The molecule has 21 heavy (non-hydrogen) atoms. The van der Waals surface area contributed by atoms with Crippen molar-refractivity contribution in [2.24, 2.45) is 0 Å². The summed E-state index contributed by atoms with van der Waals surface area (Å²) in [7, 11) is 0. The van der Waals surface area contributed by atoms with E-state index in [4.69, 9.17) is 0 Å². The topological polar surface area (TPSA) is 32.3 Å². The van der Waals surface area contributed by atoms with E-state index < -0.39 is 6.10 Å². The van der Waals surface area contributed by atoms with Gasteiger partial charge in [-0.1, -0.05) is 54.6 Å². The van der Waals surface area contributed by atoms with Crippen LogP contribution in [0.4, 0.5) is 5.69 Å². The molecule has 0 radical (unpaired) electrons. The highest BCUT2D eigenvalue weighted by Gasteiger charge is 2.06. The van der Waals surface area contributed by atoms with Gasteiger partial charge in [-0.3, -0.25) is 0 Å². The zero-order valence-corrected chi connectivity index (χ0v) is 12.1. The zero-order valence-electron chi connectivity index (χ0n) is 12.1. The summed E-state index contributed by atoms with van der Waals surface area (Å²) in [6.45, 7) is 2.53. The minimum atomic E-state index is -0.467. The van der Waals surface area contributed by atoms with Crippen molar-refractivity contribution in [3.63, 3.8) is 0 Å².